The number of H-pyrrole nitrogens is 1. The fourth-order valence-corrected chi connectivity index (χ4v) is 3.79. The molecule has 1 aliphatic rings. The predicted octanol–water partition coefficient (Wildman–Crippen LogP) is 3.50. The van der Waals surface area contributed by atoms with Gasteiger partial charge in [-0.1, -0.05) is 39.0 Å². The van der Waals surface area contributed by atoms with E-state index >= 15 is 0 Å². The molecule has 0 saturated heterocycles. The largest absolute Gasteiger partial charge is 0.480 e. The topological polar surface area (TPSA) is 73.4 Å². The first-order valence-electron chi connectivity index (χ1n) is 8.57. The van der Waals surface area contributed by atoms with Gasteiger partial charge in [-0.2, -0.15) is 0 Å². The molecular weight excluding hydrogens is 304 g/mol. The first-order valence-corrected chi connectivity index (χ1v) is 8.57. The van der Waals surface area contributed by atoms with Crippen molar-refractivity contribution in [2.75, 3.05) is 0 Å². The van der Waals surface area contributed by atoms with Crippen LogP contribution in [0, 0.1) is 5.92 Å². The maximum Gasteiger partial charge on any atom is 0.326 e. The quantitative estimate of drug-likeness (QED) is 0.902. The van der Waals surface area contributed by atoms with Gasteiger partial charge in [-0.15, -0.1) is 0 Å². The summed E-state index contributed by atoms with van der Waals surface area (Å²) in [7, 11) is 0. The van der Waals surface area contributed by atoms with Gasteiger partial charge in [0.2, 0.25) is 5.91 Å². The Morgan fingerprint density at radius 2 is 2.04 bits per heavy atom. The number of carbonyl (C=O) groups excluding carboxylic acids is 1. The summed E-state index contributed by atoms with van der Waals surface area (Å²) < 4.78 is 0. The van der Waals surface area contributed by atoms with Crippen LogP contribution in [0.5, 0.6) is 0 Å². The molecule has 2 heterocycles. The van der Waals surface area contributed by atoms with Gasteiger partial charge in [0.25, 0.3) is 0 Å². The lowest BCUT2D eigenvalue weighted by Gasteiger charge is -2.41. The lowest BCUT2D eigenvalue weighted by molar-refractivity contribution is -0.153. The summed E-state index contributed by atoms with van der Waals surface area (Å²) in [6.45, 7) is 5.98. The van der Waals surface area contributed by atoms with Crippen molar-refractivity contribution >= 4 is 22.8 Å². The van der Waals surface area contributed by atoms with E-state index in [2.05, 4.69) is 18.8 Å². The number of nitrogens with zero attached hydrogens (tertiary/aromatic N) is 1. The molecule has 1 amide bonds. The lowest BCUT2D eigenvalue weighted by Crippen LogP contribution is -2.51. The standard InChI is InChI=1S/C19H24N2O3/c1-4-17(22)21-15(9-11(2)3)18-13(10-16(21)19(23)24)12-7-5-6-8-14(12)20-18/h5-8,11,15-16,20H,4,9-10H2,1-3H3,(H,23,24)/t15-,16-/m1/s1. The zero-order chi connectivity index (χ0) is 17.4. The van der Waals surface area contributed by atoms with Crippen molar-refractivity contribution in [2.24, 2.45) is 5.92 Å². The Kier molecular flexibility index (Phi) is 4.35. The van der Waals surface area contributed by atoms with E-state index < -0.39 is 12.0 Å². The van der Waals surface area contributed by atoms with Gasteiger partial charge in [-0.05, 0) is 24.0 Å². The van der Waals surface area contributed by atoms with Crippen LogP contribution in [0.4, 0.5) is 0 Å². The van der Waals surface area contributed by atoms with Crippen molar-refractivity contribution in [1.82, 2.24) is 9.88 Å². The molecule has 1 aromatic carbocycles. The van der Waals surface area contributed by atoms with Crippen molar-refractivity contribution in [3.63, 3.8) is 0 Å². The zero-order valence-electron chi connectivity index (χ0n) is 14.4. The van der Waals surface area contributed by atoms with Crippen LogP contribution < -0.4 is 0 Å². The molecule has 0 spiro atoms. The molecule has 2 N–H and O–H groups in total. The van der Waals surface area contributed by atoms with E-state index in [1.807, 2.05) is 24.3 Å². The molecule has 0 bridgehead atoms. The Balaban J connectivity index is 2.19. The summed E-state index contributed by atoms with van der Waals surface area (Å²) in [5.74, 6) is -0.673. The van der Waals surface area contributed by atoms with Crippen LogP contribution in [0.15, 0.2) is 24.3 Å². The normalized spacial score (nSPS) is 20.4. The molecule has 0 unspecified atom stereocenters. The maximum absolute atomic E-state index is 12.5. The summed E-state index contributed by atoms with van der Waals surface area (Å²) in [6, 6.07) is 6.94. The fourth-order valence-electron chi connectivity index (χ4n) is 3.79. The highest BCUT2D eigenvalue weighted by Gasteiger charge is 2.42. The van der Waals surface area contributed by atoms with Crippen LogP contribution in [0.3, 0.4) is 0 Å². The van der Waals surface area contributed by atoms with E-state index in [4.69, 9.17) is 0 Å². The summed E-state index contributed by atoms with van der Waals surface area (Å²) >= 11 is 0. The molecule has 2 aromatic rings. The molecule has 0 radical (unpaired) electrons. The molecule has 1 aliphatic heterocycles. The maximum atomic E-state index is 12.5. The second-order valence-corrected chi connectivity index (χ2v) is 6.92. The summed E-state index contributed by atoms with van der Waals surface area (Å²) in [6.07, 6.45) is 1.41. The third kappa shape index (κ3) is 2.68. The Morgan fingerprint density at radius 1 is 1.33 bits per heavy atom. The molecule has 5 heteroatoms. The summed E-state index contributed by atoms with van der Waals surface area (Å²) in [4.78, 5) is 29.5. The average molecular weight is 328 g/mol. The Morgan fingerprint density at radius 3 is 2.67 bits per heavy atom. The first kappa shape index (κ1) is 16.6. The molecule has 24 heavy (non-hydrogen) atoms. The van der Waals surface area contributed by atoms with Crippen LogP contribution >= 0.6 is 0 Å². The molecule has 3 rings (SSSR count). The minimum Gasteiger partial charge on any atom is -0.480 e. The van der Waals surface area contributed by atoms with Gasteiger partial charge in [0.1, 0.15) is 6.04 Å². The Labute approximate surface area is 141 Å². The minimum atomic E-state index is -0.929. The first-order chi connectivity index (χ1) is 11.4. The second kappa shape index (κ2) is 6.30. The molecule has 128 valence electrons. The number of carboxylic acids is 1. The van der Waals surface area contributed by atoms with Crippen molar-refractivity contribution in [3.8, 4) is 0 Å². The van der Waals surface area contributed by atoms with Gasteiger partial charge >= 0.3 is 5.97 Å². The molecular formula is C19H24N2O3. The van der Waals surface area contributed by atoms with Gasteiger partial charge < -0.3 is 15.0 Å². The number of para-hydroxylation sites is 1. The van der Waals surface area contributed by atoms with Gasteiger partial charge in [0.15, 0.2) is 0 Å². The van der Waals surface area contributed by atoms with Crippen LogP contribution in [-0.4, -0.2) is 32.9 Å². The van der Waals surface area contributed by atoms with Crippen molar-refractivity contribution in [2.45, 2.75) is 52.1 Å². The van der Waals surface area contributed by atoms with Gasteiger partial charge in [0, 0.05) is 29.4 Å². The zero-order valence-corrected chi connectivity index (χ0v) is 14.4. The molecule has 1 aromatic heterocycles. The number of rotatable bonds is 4. The van der Waals surface area contributed by atoms with Crippen LogP contribution in [0.25, 0.3) is 10.9 Å². The number of benzene rings is 1. The van der Waals surface area contributed by atoms with Crippen molar-refractivity contribution in [1.29, 1.82) is 0 Å². The summed E-state index contributed by atoms with van der Waals surface area (Å²) in [5, 5.41) is 10.8. The van der Waals surface area contributed by atoms with Crippen LogP contribution in [-0.2, 0) is 16.0 Å². The number of aromatic nitrogens is 1. The molecule has 2 atom stereocenters. The van der Waals surface area contributed by atoms with Gasteiger partial charge in [0.05, 0.1) is 6.04 Å². The molecule has 0 aliphatic carbocycles. The van der Waals surface area contributed by atoms with E-state index in [0.29, 0.717) is 18.8 Å². The van der Waals surface area contributed by atoms with E-state index in [0.717, 1.165) is 28.6 Å². The third-order valence-electron chi connectivity index (χ3n) is 4.82. The van der Waals surface area contributed by atoms with Gasteiger partial charge in [-0.25, -0.2) is 4.79 Å². The number of aliphatic carboxylic acids is 1. The van der Waals surface area contributed by atoms with Crippen LogP contribution in [0.2, 0.25) is 0 Å². The van der Waals surface area contributed by atoms with Crippen molar-refractivity contribution < 1.29 is 14.7 Å². The number of carboxylic acid groups (broad SMARTS) is 1. The number of amides is 1. The highest BCUT2D eigenvalue weighted by Crippen LogP contribution is 2.40. The Hall–Kier alpha value is -2.30. The van der Waals surface area contributed by atoms with E-state index in [9.17, 15) is 14.7 Å². The van der Waals surface area contributed by atoms with E-state index in [1.54, 1.807) is 11.8 Å². The SMILES string of the molecule is CCC(=O)N1[C@@H](C(=O)O)Cc2c([nH]c3ccccc23)[C@H]1CC(C)C. The number of carbonyl (C=O) groups is 2. The molecule has 0 saturated carbocycles. The van der Waals surface area contributed by atoms with E-state index in [1.165, 1.54) is 0 Å². The highest BCUT2D eigenvalue weighted by atomic mass is 16.4. The average Bonchev–Trinajstić information content (AvgIpc) is 2.92. The van der Waals surface area contributed by atoms with Crippen LogP contribution in [0.1, 0.15) is 50.9 Å². The molecule has 0 fully saturated rings. The van der Waals surface area contributed by atoms with Crippen molar-refractivity contribution in [3.05, 3.63) is 35.5 Å². The number of hydrogen-bond acceptors (Lipinski definition) is 2. The molecule has 5 nitrogen and oxygen atoms in total. The second-order valence-electron chi connectivity index (χ2n) is 6.92. The number of fused-ring (bicyclic) bond motifs is 3. The van der Waals surface area contributed by atoms with Gasteiger partial charge in [-0.3, -0.25) is 4.79 Å². The smallest absolute Gasteiger partial charge is 0.326 e. The highest BCUT2D eigenvalue weighted by molar-refractivity contribution is 5.89. The predicted molar refractivity (Wildman–Crippen MR) is 92.8 cm³/mol. The Bertz CT molecular complexity index is 778. The monoisotopic (exact) mass is 328 g/mol. The lowest BCUT2D eigenvalue weighted by atomic mass is 9.87. The fraction of sp³-hybridized carbons (Fsp3) is 0.474. The number of aromatic amines is 1. The number of hydrogen-bond donors (Lipinski definition) is 2. The number of nitrogens with one attached hydrogen (secondary N) is 1. The minimum absolute atomic E-state index is 0.0997. The third-order valence-corrected chi connectivity index (χ3v) is 4.82. The summed E-state index contributed by atoms with van der Waals surface area (Å²) in [5.41, 5.74) is 3.05. The van der Waals surface area contributed by atoms with E-state index in [-0.39, 0.29) is 11.9 Å².